The van der Waals surface area contributed by atoms with E-state index in [0.29, 0.717) is 6.07 Å². The highest BCUT2D eigenvalue weighted by molar-refractivity contribution is 7.89. The zero-order valence-corrected chi connectivity index (χ0v) is 10.7. The van der Waals surface area contributed by atoms with Gasteiger partial charge in [0.25, 0.3) is 0 Å². The van der Waals surface area contributed by atoms with Crippen LogP contribution in [0.5, 0.6) is 0 Å². The van der Waals surface area contributed by atoms with Gasteiger partial charge in [0, 0.05) is 5.69 Å². The number of aliphatic hydroxyl groups excluding tert-OH is 1. The van der Waals surface area contributed by atoms with Gasteiger partial charge in [-0.2, -0.15) is 0 Å². The molecule has 0 spiro atoms. The molecule has 102 valence electrons. The summed E-state index contributed by atoms with van der Waals surface area (Å²) in [5.41, 5.74) is 3.86. The van der Waals surface area contributed by atoms with Crippen LogP contribution in [-0.4, -0.2) is 25.7 Å². The predicted molar refractivity (Wildman–Crippen MR) is 62.3 cm³/mol. The second-order valence-electron chi connectivity index (χ2n) is 4.46. The third-order valence-electron chi connectivity index (χ3n) is 2.11. The SMILES string of the molecule is CC(C)(CO)NS(=O)(=O)c1cc(N)cc(F)c1F. The summed E-state index contributed by atoms with van der Waals surface area (Å²) in [6, 6.07) is 1.50. The van der Waals surface area contributed by atoms with Gasteiger partial charge < -0.3 is 10.8 Å². The lowest BCUT2D eigenvalue weighted by atomic mass is 10.1. The lowest BCUT2D eigenvalue weighted by Crippen LogP contribution is -2.46. The molecule has 0 atom stereocenters. The highest BCUT2D eigenvalue weighted by Crippen LogP contribution is 2.22. The number of rotatable bonds is 4. The van der Waals surface area contributed by atoms with Gasteiger partial charge in [-0.15, -0.1) is 0 Å². The molecule has 1 aromatic carbocycles. The summed E-state index contributed by atoms with van der Waals surface area (Å²) in [5, 5.41) is 8.96. The average Bonchev–Trinajstić information content (AvgIpc) is 2.21. The van der Waals surface area contributed by atoms with Crippen LogP contribution in [-0.2, 0) is 10.0 Å². The number of nitrogens with two attached hydrogens (primary N) is 1. The number of benzene rings is 1. The Labute approximate surface area is 104 Å². The number of sulfonamides is 1. The molecule has 0 fully saturated rings. The lowest BCUT2D eigenvalue weighted by molar-refractivity contribution is 0.208. The summed E-state index contributed by atoms with van der Waals surface area (Å²) in [4.78, 5) is -0.887. The van der Waals surface area contributed by atoms with Crippen molar-refractivity contribution in [2.75, 3.05) is 12.3 Å². The quantitative estimate of drug-likeness (QED) is 0.704. The highest BCUT2D eigenvalue weighted by Gasteiger charge is 2.29. The van der Waals surface area contributed by atoms with E-state index in [-0.39, 0.29) is 5.69 Å². The summed E-state index contributed by atoms with van der Waals surface area (Å²) in [6.07, 6.45) is 0. The molecule has 0 radical (unpaired) electrons. The maximum absolute atomic E-state index is 13.4. The van der Waals surface area contributed by atoms with Crippen LogP contribution in [0.15, 0.2) is 17.0 Å². The Morgan fingerprint density at radius 3 is 2.44 bits per heavy atom. The van der Waals surface area contributed by atoms with Crippen LogP contribution < -0.4 is 10.5 Å². The minimum absolute atomic E-state index is 0.212. The number of nitrogens with one attached hydrogen (secondary N) is 1. The zero-order chi connectivity index (χ0) is 14.1. The minimum Gasteiger partial charge on any atom is -0.399 e. The Morgan fingerprint density at radius 2 is 1.94 bits per heavy atom. The molecule has 1 aromatic rings. The van der Waals surface area contributed by atoms with Crippen molar-refractivity contribution >= 4 is 15.7 Å². The van der Waals surface area contributed by atoms with E-state index in [1.165, 1.54) is 13.8 Å². The number of aliphatic hydroxyl groups is 1. The van der Waals surface area contributed by atoms with Crippen LogP contribution in [0.3, 0.4) is 0 Å². The fourth-order valence-electron chi connectivity index (χ4n) is 1.23. The Balaban J connectivity index is 3.30. The van der Waals surface area contributed by atoms with Gasteiger partial charge in [0.1, 0.15) is 4.90 Å². The van der Waals surface area contributed by atoms with E-state index in [1.54, 1.807) is 0 Å². The molecule has 0 saturated carbocycles. The highest BCUT2D eigenvalue weighted by atomic mass is 32.2. The Hall–Kier alpha value is -1.25. The number of nitrogen functional groups attached to an aromatic ring is 1. The van der Waals surface area contributed by atoms with Gasteiger partial charge in [0.05, 0.1) is 12.1 Å². The maximum Gasteiger partial charge on any atom is 0.244 e. The molecule has 0 aromatic heterocycles. The summed E-state index contributed by atoms with van der Waals surface area (Å²) < 4.78 is 52.3. The molecular formula is C10H14F2N2O3S. The number of hydrogen-bond donors (Lipinski definition) is 3. The first-order valence-electron chi connectivity index (χ1n) is 4.98. The maximum atomic E-state index is 13.4. The van der Waals surface area contributed by atoms with E-state index in [0.717, 1.165) is 6.07 Å². The summed E-state index contributed by atoms with van der Waals surface area (Å²) >= 11 is 0. The predicted octanol–water partition coefficient (Wildman–Crippen LogP) is 0.596. The molecule has 0 unspecified atom stereocenters. The van der Waals surface area contributed by atoms with Crippen LogP contribution in [0, 0.1) is 11.6 Å². The average molecular weight is 280 g/mol. The van der Waals surface area contributed by atoms with Gasteiger partial charge in [0.2, 0.25) is 10.0 Å². The van der Waals surface area contributed by atoms with Crippen molar-refractivity contribution < 1.29 is 22.3 Å². The minimum atomic E-state index is -4.31. The zero-order valence-electron chi connectivity index (χ0n) is 9.87. The fourth-order valence-corrected chi connectivity index (χ4v) is 2.76. The molecule has 4 N–H and O–H groups in total. The van der Waals surface area contributed by atoms with Crippen molar-refractivity contribution in [2.45, 2.75) is 24.3 Å². The molecule has 18 heavy (non-hydrogen) atoms. The van der Waals surface area contributed by atoms with E-state index < -0.39 is 38.7 Å². The van der Waals surface area contributed by atoms with Gasteiger partial charge in [-0.1, -0.05) is 0 Å². The van der Waals surface area contributed by atoms with E-state index in [4.69, 9.17) is 10.8 Å². The molecule has 0 amide bonds. The van der Waals surface area contributed by atoms with Crippen LogP contribution in [0.2, 0.25) is 0 Å². The van der Waals surface area contributed by atoms with Crippen LogP contribution >= 0.6 is 0 Å². The van der Waals surface area contributed by atoms with Gasteiger partial charge in [-0.05, 0) is 26.0 Å². The first-order chi connectivity index (χ1) is 8.09. The monoisotopic (exact) mass is 280 g/mol. The van der Waals surface area contributed by atoms with E-state index in [9.17, 15) is 17.2 Å². The fraction of sp³-hybridized carbons (Fsp3) is 0.400. The molecule has 8 heteroatoms. The van der Waals surface area contributed by atoms with Crippen molar-refractivity contribution in [3.8, 4) is 0 Å². The van der Waals surface area contributed by atoms with Gasteiger partial charge >= 0.3 is 0 Å². The summed E-state index contributed by atoms with van der Waals surface area (Å²) in [5.74, 6) is -2.86. The first-order valence-corrected chi connectivity index (χ1v) is 6.47. The van der Waals surface area contributed by atoms with Crippen LogP contribution in [0.25, 0.3) is 0 Å². The number of hydrogen-bond acceptors (Lipinski definition) is 4. The molecule has 0 heterocycles. The molecular weight excluding hydrogens is 266 g/mol. The third-order valence-corrected chi connectivity index (χ3v) is 3.81. The van der Waals surface area contributed by atoms with Crippen molar-refractivity contribution in [1.29, 1.82) is 0 Å². The topological polar surface area (TPSA) is 92.4 Å². The molecule has 0 aliphatic carbocycles. The van der Waals surface area contributed by atoms with Crippen LogP contribution in [0.4, 0.5) is 14.5 Å². The van der Waals surface area contributed by atoms with Crippen molar-refractivity contribution in [1.82, 2.24) is 4.72 Å². The summed E-state index contributed by atoms with van der Waals surface area (Å²) in [7, 11) is -4.31. The standard InChI is InChI=1S/C10H14F2N2O3S/c1-10(2,5-15)14-18(16,17)8-4-6(13)3-7(11)9(8)12/h3-4,14-15H,5,13H2,1-2H3. The Kier molecular flexibility index (Phi) is 3.94. The smallest absolute Gasteiger partial charge is 0.244 e. The van der Waals surface area contributed by atoms with Crippen molar-refractivity contribution in [2.24, 2.45) is 0 Å². The molecule has 0 saturated heterocycles. The van der Waals surface area contributed by atoms with E-state index in [1.807, 2.05) is 0 Å². The van der Waals surface area contributed by atoms with E-state index in [2.05, 4.69) is 4.72 Å². The number of anilines is 1. The van der Waals surface area contributed by atoms with Crippen molar-refractivity contribution in [3.05, 3.63) is 23.8 Å². The normalized spacial score (nSPS) is 12.7. The molecule has 5 nitrogen and oxygen atoms in total. The van der Waals surface area contributed by atoms with Gasteiger partial charge in [0.15, 0.2) is 11.6 Å². The molecule has 0 aliphatic rings. The Bertz CT molecular complexity index is 558. The second kappa shape index (κ2) is 4.79. The Morgan fingerprint density at radius 1 is 1.39 bits per heavy atom. The molecule has 1 rings (SSSR count). The van der Waals surface area contributed by atoms with Gasteiger partial charge in [-0.25, -0.2) is 21.9 Å². The molecule has 0 aliphatic heterocycles. The number of halogens is 2. The largest absolute Gasteiger partial charge is 0.399 e. The van der Waals surface area contributed by atoms with Gasteiger partial charge in [-0.3, -0.25) is 0 Å². The van der Waals surface area contributed by atoms with Crippen molar-refractivity contribution in [3.63, 3.8) is 0 Å². The third kappa shape index (κ3) is 3.15. The first kappa shape index (κ1) is 14.8. The lowest BCUT2D eigenvalue weighted by Gasteiger charge is -2.23. The molecule has 0 bridgehead atoms. The van der Waals surface area contributed by atoms with Crippen LogP contribution in [0.1, 0.15) is 13.8 Å². The van der Waals surface area contributed by atoms with E-state index >= 15 is 0 Å². The summed E-state index contributed by atoms with van der Waals surface area (Å²) in [6.45, 7) is 2.29. The second-order valence-corrected chi connectivity index (χ2v) is 6.11.